The van der Waals surface area contributed by atoms with E-state index in [4.69, 9.17) is 23.7 Å². The lowest BCUT2D eigenvalue weighted by Gasteiger charge is -2.64. The number of piperidine rings is 2. The Hall–Kier alpha value is -2.40. The minimum Gasteiger partial charge on any atom is -0.458 e. The quantitative estimate of drug-likeness (QED) is 0.174. The van der Waals surface area contributed by atoms with Crippen molar-refractivity contribution < 1.29 is 68.4 Å². The Morgan fingerprint density at radius 1 is 0.929 bits per heavy atom. The summed E-state index contributed by atoms with van der Waals surface area (Å²) in [6, 6.07) is -0.309. The number of carbonyl (C=O) groups is 4. The zero-order valence-corrected chi connectivity index (χ0v) is 34.2. The maximum Gasteiger partial charge on any atom is 0.338 e. The van der Waals surface area contributed by atoms with Crippen LogP contribution in [0.4, 0.5) is 0 Å². The average Bonchev–Trinajstić information content (AvgIpc) is 3.40. The molecule has 19 atom stereocenters. The van der Waals surface area contributed by atoms with Gasteiger partial charge in [0.15, 0.2) is 17.8 Å². The van der Waals surface area contributed by atoms with E-state index < -0.39 is 124 Å². The van der Waals surface area contributed by atoms with Crippen LogP contribution in [0.25, 0.3) is 0 Å². The number of carbonyl (C=O) groups excluding carboxylic acids is 4. The number of hydrogen-bond donors (Lipinski definition) is 5. The van der Waals surface area contributed by atoms with Crippen LogP contribution in [0.15, 0.2) is 0 Å². The van der Waals surface area contributed by atoms with Gasteiger partial charge in [-0.25, -0.2) is 4.79 Å². The molecule has 0 amide bonds. The second kappa shape index (κ2) is 13.6. The molecule has 4 bridgehead atoms. The SMILES string of the molecule is CC[C@H](C)C(=O)O[C@H]1[C@@H](O)[C@H]2[C@H](CN3C[C@@H](C)CC[C@H]3[C@@]2(C)O)[C@@H]2C[C@]34O[C@]5(O)[C@H](OC(=O)[C@@](C)(O)CC)CC[C@]3(C)[C@H]5[C@H](OC(C)=O)[C@@H](OC(C)=O)[C@@H]4[C@@]21O. The summed E-state index contributed by atoms with van der Waals surface area (Å²) in [6.07, 6.45) is -5.31. The molecule has 316 valence electrons. The van der Waals surface area contributed by atoms with Gasteiger partial charge in [-0.05, 0) is 76.5 Å². The van der Waals surface area contributed by atoms with Crippen LogP contribution >= 0.6 is 0 Å². The summed E-state index contributed by atoms with van der Waals surface area (Å²) in [5.74, 6) is -10.8. The van der Waals surface area contributed by atoms with Crippen molar-refractivity contribution in [1.82, 2.24) is 4.90 Å². The Labute approximate surface area is 328 Å². The molecule has 56 heavy (non-hydrogen) atoms. The lowest BCUT2D eigenvalue weighted by atomic mass is 9.48. The van der Waals surface area contributed by atoms with Crippen LogP contribution in [-0.2, 0) is 42.9 Å². The van der Waals surface area contributed by atoms with Crippen molar-refractivity contribution in [2.24, 2.45) is 46.8 Å². The summed E-state index contributed by atoms with van der Waals surface area (Å²) in [5.41, 5.74) is -8.37. The van der Waals surface area contributed by atoms with Gasteiger partial charge in [-0.3, -0.25) is 19.3 Å². The molecule has 15 nitrogen and oxygen atoms in total. The van der Waals surface area contributed by atoms with Gasteiger partial charge >= 0.3 is 23.9 Å². The molecule has 3 aliphatic heterocycles. The molecule has 0 aromatic carbocycles. The molecule has 0 unspecified atom stereocenters. The molecule has 7 rings (SSSR count). The number of fused-ring (bicyclic) bond motifs is 5. The molecular weight excluding hydrogens is 730 g/mol. The smallest absolute Gasteiger partial charge is 0.338 e. The second-order valence-corrected chi connectivity index (χ2v) is 19.2. The number of hydrogen-bond acceptors (Lipinski definition) is 15. The molecule has 4 saturated carbocycles. The van der Waals surface area contributed by atoms with Gasteiger partial charge < -0.3 is 49.2 Å². The summed E-state index contributed by atoms with van der Waals surface area (Å²) < 4.78 is 31.3. The molecule has 0 radical (unpaired) electrons. The molecule has 1 spiro atoms. The van der Waals surface area contributed by atoms with Gasteiger partial charge in [-0.1, -0.05) is 34.6 Å². The number of rotatable bonds is 8. The first-order valence-electron chi connectivity index (χ1n) is 20.7. The van der Waals surface area contributed by atoms with Crippen molar-refractivity contribution in [3.05, 3.63) is 0 Å². The number of nitrogens with zero attached hydrogens (tertiary/aromatic N) is 1. The lowest BCUT2D eigenvalue weighted by Crippen LogP contribution is -2.78. The maximum absolute atomic E-state index is 13.9. The molecule has 0 aromatic heterocycles. The Morgan fingerprint density at radius 2 is 1.55 bits per heavy atom. The highest BCUT2D eigenvalue weighted by molar-refractivity contribution is 5.79. The normalized spacial score (nSPS) is 50.5. The van der Waals surface area contributed by atoms with E-state index in [2.05, 4.69) is 11.8 Å². The van der Waals surface area contributed by atoms with Crippen LogP contribution in [0.5, 0.6) is 0 Å². The third kappa shape index (κ3) is 5.60. The number of aliphatic hydroxyl groups excluding tert-OH is 1. The Bertz CT molecular complexity index is 1620. The summed E-state index contributed by atoms with van der Waals surface area (Å²) in [7, 11) is 0. The number of esters is 4. The average molecular weight is 794 g/mol. The minimum atomic E-state index is -2.38. The van der Waals surface area contributed by atoms with Crippen molar-refractivity contribution in [2.45, 2.75) is 172 Å². The van der Waals surface area contributed by atoms with E-state index in [0.717, 1.165) is 6.42 Å². The monoisotopic (exact) mass is 793 g/mol. The van der Waals surface area contributed by atoms with Gasteiger partial charge in [0.1, 0.15) is 17.8 Å². The third-order valence-corrected chi connectivity index (χ3v) is 16.0. The minimum absolute atomic E-state index is 0.0107. The first-order chi connectivity index (χ1) is 26.0. The fourth-order valence-electron chi connectivity index (χ4n) is 13.1. The molecular formula is C41H63NO14. The summed E-state index contributed by atoms with van der Waals surface area (Å²) >= 11 is 0. The topological polar surface area (TPSA) is 219 Å². The molecule has 7 fully saturated rings. The molecule has 3 heterocycles. The lowest BCUT2D eigenvalue weighted by molar-refractivity contribution is -0.301. The molecule has 3 saturated heterocycles. The third-order valence-electron chi connectivity index (χ3n) is 16.0. The van der Waals surface area contributed by atoms with E-state index in [0.29, 0.717) is 31.8 Å². The van der Waals surface area contributed by atoms with Crippen LogP contribution in [0.2, 0.25) is 0 Å². The molecule has 4 aliphatic carbocycles. The van der Waals surface area contributed by atoms with E-state index in [1.807, 2.05) is 13.8 Å². The molecule has 15 heteroatoms. The van der Waals surface area contributed by atoms with Crippen molar-refractivity contribution in [1.29, 1.82) is 0 Å². The first-order valence-corrected chi connectivity index (χ1v) is 20.7. The van der Waals surface area contributed by atoms with Crippen molar-refractivity contribution in [3.63, 3.8) is 0 Å². The highest BCUT2D eigenvalue weighted by Gasteiger charge is 2.90. The van der Waals surface area contributed by atoms with E-state index in [1.54, 1.807) is 20.8 Å². The fourth-order valence-corrected chi connectivity index (χ4v) is 13.1. The zero-order valence-electron chi connectivity index (χ0n) is 34.2. The van der Waals surface area contributed by atoms with Gasteiger partial charge in [0.25, 0.3) is 0 Å². The number of aliphatic hydroxyl groups is 5. The van der Waals surface area contributed by atoms with Crippen LogP contribution in [0.3, 0.4) is 0 Å². The summed E-state index contributed by atoms with van der Waals surface area (Å²) in [6.45, 7) is 15.5. The van der Waals surface area contributed by atoms with Crippen molar-refractivity contribution in [3.8, 4) is 0 Å². The molecule has 5 N–H and O–H groups in total. The second-order valence-electron chi connectivity index (χ2n) is 19.2. The van der Waals surface area contributed by atoms with Crippen LogP contribution < -0.4 is 0 Å². The van der Waals surface area contributed by atoms with Crippen molar-refractivity contribution in [2.75, 3.05) is 13.1 Å². The van der Waals surface area contributed by atoms with Crippen molar-refractivity contribution >= 4 is 23.9 Å². The fraction of sp³-hybridized carbons (Fsp3) is 0.902. The first kappa shape index (κ1) is 41.7. The van der Waals surface area contributed by atoms with Gasteiger partial charge in [-0.15, -0.1) is 0 Å². The van der Waals surface area contributed by atoms with E-state index in [9.17, 15) is 44.7 Å². The standard InChI is InChI=1S/C41H63NO14/c1-10-20(4)34(46)55-33-28(45)27-23(18-42-17-19(3)12-13-25(42)38(27,9)49)24-16-39-32(40(24,33)50)30(53-22(6)44)29(52-21(5)43)31-36(39,7)15-14-26(41(31,51)56-39)54-35(47)37(8,48)11-2/h19-20,23-33,45,48-51H,10-18H2,1-9H3/t19-,20-,23+,24-,25-,26+,27+,28-,29+,30+,31+,32-,33-,36+,37-,38+,39+,40-,41+/m0/s1. The van der Waals surface area contributed by atoms with Gasteiger partial charge in [0.05, 0.1) is 35.1 Å². The van der Waals surface area contributed by atoms with Crippen LogP contribution in [0.1, 0.15) is 107 Å². The molecule has 0 aromatic rings. The summed E-state index contributed by atoms with van der Waals surface area (Å²) in [4.78, 5) is 55.6. The number of ether oxygens (including phenoxy) is 5. The highest BCUT2D eigenvalue weighted by atomic mass is 16.7. The van der Waals surface area contributed by atoms with E-state index >= 15 is 0 Å². The maximum atomic E-state index is 13.9. The van der Waals surface area contributed by atoms with Crippen LogP contribution in [0, 0.1) is 46.8 Å². The Balaban J connectivity index is 1.45. The Morgan fingerprint density at radius 3 is 2.14 bits per heavy atom. The predicted molar refractivity (Wildman–Crippen MR) is 195 cm³/mol. The van der Waals surface area contributed by atoms with Gasteiger partial charge in [0.2, 0.25) is 5.79 Å². The Kier molecular flexibility index (Phi) is 10.1. The van der Waals surface area contributed by atoms with Gasteiger partial charge in [-0.2, -0.15) is 0 Å². The zero-order chi connectivity index (χ0) is 41.3. The van der Waals surface area contributed by atoms with E-state index in [-0.39, 0.29) is 31.7 Å². The highest BCUT2D eigenvalue weighted by Crippen LogP contribution is 2.78. The van der Waals surface area contributed by atoms with Crippen LogP contribution in [-0.4, -0.2) is 132 Å². The predicted octanol–water partition coefficient (Wildman–Crippen LogP) is 1.61. The largest absolute Gasteiger partial charge is 0.458 e. The van der Waals surface area contributed by atoms with Gasteiger partial charge in [0, 0.05) is 44.3 Å². The van der Waals surface area contributed by atoms with E-state index in [1.165, 1.54) is 20.8 Å². The molecule has 7 aliphatic rings. The summed E-state index contributed by atoms with van der Waals surface area (Å²) in [5, 5.41) is 62.9.